The number of rotatable bonds is 6. The van der Waals surface area contributed by atoms with Crippen molar-refractivity contribution >= 4 is 45.8 Å². The molecule has 4 nitrogen and oxygen atoms in total. The van der Waals surface area contributed by atoms with Crippen LogP contribution in [0.1, 0.15) is 29.3 Å². The minimum absolute atomic E-state index is 0.223. The van der Waals surface area contributed by atoms with Gasteiger partial charge in [-0.1, -0.05) is 24.6 Å². The lowest BCUT2D eigenvalue weighted by atomic mass is 10.1. The Balaban J connectivity index is 2.29. The highest BCUT2D eigenvalue weighted by Crippen LogP contribution is 2.34. The van der Waals surface area contributed by atoms with E-state index >= 15 is 0 Å². The molecule has 0 aromatic heterocycles. The first-order chi connectivity index (χ1) is 11.5. The van der Waals surface area contributed by atoms with E-state index < -0.39 is 0 Å². The number of aryl methyl sites for hydroxylation is 1. The first-order valence-electron chi connectivity index (χ1n) is 7.54. The normalized spacial score (nSPS) is 10.4. The Morgan fingerprint density at radius 2 is 2.04 bits per heavy atom. The summed E-state index contributed by atoms with van der Waals surface area (Å²) in [5, 5.41) is 3.46. The first-order valence-corrected chi connectivity index (χ1v) is 8.99. The van der Waals surface area contributed by atoms with Crippen LogP contribution in [0.2, 0.25) is 5.02 Å². The molecule has 1 N–H and O–H groups in total. The van der Waals surface area contributed by atoms with Gasteiger partial charge in [0.2, 0.25) is 0 Å². The Bertz CT molecular complexity index is 749. The molecule has 0 fully saturated rings. The maximum absolute atomic E-state index is 12.6. The summed E-state index contributed by atoms with van der Waals surface area (Å²) in [4.78, 5) is 12.6. The van der Waals surface area contributed by atoms with Crippen molar-refractivity contribution in [1.82, 2.24) is 0 Å². The molecule has 0 saturated heterocycles. The Morgan fingerprint density at radius 1 is 1.29 bits per heavy atom. The average molecular weight is 460 g/mol. The van der Waals surface area contributed by atoms with Gasteiger partial charge < -0.3 is 14.8 Å². The van der Waals surface area contributed by atoms with Gasteiger partial charge >= 0.3 is 0 Å². The molecule has 2 rings (SSSR count). The van der Waals surface area contributed by atoms with Crippen molar-refractivity contribution < 1.29 is 14.3 Å². The number of carbonyl (C=O) groups is 1. The average Bonchev–Trinajstić information content (AvgIpc) is 2.56. The topological polar surface area (TPSA) is 47.6 Å². The molecule has 0 radical (unpaired) electrons. The van der Waals surface area contributed by atoms with E-state index in [-0.39, 0.29) is 5.91 Å². The largest absolute Gasteiger partial charge is 0.493 e. The molecule has 0 heterocycles. The second kappa shape index (κ2) is 8.58. The highest BCUT2D eigenvalue weighted by atomic mass is 127. The van der Waals surface area contributed by atoms with E-state index in [1.54, 1.807) is 31.4 Å². The van der Waals surface area contributed by atoms with Crippen LogP contribution in [-0.2, 0) is 0 Å². The molecule has 2 aromatic rings. The van der Waals surface area contributed by atoms with Crippen LogP contribution >= 0.6 is 34.2 Å². The van der Waals surface area contributed by atoms with Crippen molar-refractivity contribution in [3.05, 3.63) is 50.1 Å². The fourth-order valence-corrected chi connectivity index (χ4v) is 3.05. The fraction of sp³-hybridized carbons (Fsp3) is 0.278. The molecule has 0 bridgehead atoms. The lowest BCUT2D eigenvalue weighted by Gasteiger charge is -2.14. The van der Waals surface area contributed by atoms with Gasteiger partial charge in [0, 0.05) is 16.3 Å². The van der Waals surface area contributed by atoms with E-state index in [1.807, 2.05) is 19.9 Å². The molecule has 0 aliphatic carbocycles. The molecular formula is C18H19ClINO3. The van der Waals surface area contributed by atoms with Crippen molar-refractivity contribution in [1.29, 1.82) is 0 Å². The first kappa shape index (κ1) is 18.9. The maximum Gasteiger partial charge on any atom is 0.255 e. The zero-order valence-corrected chi connectivity index (χ0v) is 16.7. The molecule has 0 aliphatic rings. The van der Waals surface area contributed by atoms with Crippen molar-refractivity contribution in [3.8, 4) is 11.5 Å². The maximum atomic E-state index is 12.6. The Labute approximate surface area is 160 Å². The minimum atomic E-state index is -0.223. The summed E-state index contributed by atoms with van der Waals surface area (Å²) in [6.07, 6.45) is 0.898. The predicted octanol–water partition coefficient (Wildman–Crippen LogP) is 5.30. The predicted molar refractivity (Wildman–Crippen MR) is 106 cm³/mol. The van der Waals surface area contributed by atoms with E-state index in [4.69, 9.17) is 21.1 Å². The van der Waals surface area contributed by atoms with E-state index in [9.17, 15) is 4.79 Å². The minimum Gasteiger partial charge on any atom is -0.493 e. The number of benzene rings is 2. The number of ether oxygens (including phenoxy) is 2. The van der Waals surface area contributed by atoms with Gasteiger partial charge in [0.15, 0.2) is 11.5 Å². The summed E-state index contributed by atoms with van der Waals surface area (Å²) >= 11 is 8.14. The standard InChI is InChI=1S/C18H19ClINO3/c1-4-7-24-17-14(20)8-12(9-16(17)23-3)18(22)21-15-10-13(19)6-5-11(15)2/h5-6,8-10H,4,7H2,1-3H3,(H,21,22). The molecule has 0 spiro atoms. The highest BCUT2D eigenvalue weighted by molar-refractivity contribution is 14.1. The van der Waals surface area contributed by atoms with Crippen LogP contribution in [0.5, 0.6) is 11.5 Å². The monoisotopic (exact) mass is 459 g/mol. The zero-order chi connectivity index (χ0) is 17.7. The van der Waals surface area contributed by atoms with Gasteiger partial charge in [-0.25, -0.2) is 0 Å². The van der Waals surface area contributed by atoms with Crippen LogP contribution in [-0.4, -0.2) is 19.6 Å². The molecule has 0 unspecified atom stereocenters. The van der Waals surface area contributed by atoms with Gasteiger partial charge in [0.25, 0.3) is 5.91 Å². The number of amides is 1. The molecular weight excluding hydrogens is 441 g/mol. The van der Waals surface area contributed by atoms with Crippen molar-refractivity contribution in [2.75, 3.05) is 19.0 Å². The SMILES string of the molecule is CCCOc1c(I)cc(C(=O)Nc2cc(Cl)ccc2C)cc1OC. The van der Waals surface area contributed by atoms with Crippen LogP contribution in [0.4, 0.5) is 5.69 Å². The van der Waals surface area contributed by atoms with Crippen LogP contribution in [0.3, 0.4) is 0 Å². The number of halogens is 2. The van der Waals surface area contributed by atoms with Crippen molar-refractivity contribution in [2.45, 2.75) is 20.3 Å². The number of nitrogens with one attached hydrogen (secondary N) is 1. The second-order valence-electron chi connectivity index (χ2n) is 5.25. The third-order valence-corrected chi connectivity index (χ3v) is 4.43. The van der Waals surface area contributed by atoms with Crippen LogP contribution < -0.4 is 14.8 Å². The zero-order valence-electron chi connectivity index (χ0n) is 13.8. The lowest BCUT2D eigenvalue weighted by Crippen LogP contribution is -2.13. The molecule has 6 heteroatoms. The summed E-state index contributed by atoms with van der Waals surface area (Å²) in [5.41, 5.74) is 2.13. The summed E-state index contributed by atoms with van der Waals surface area (Å²) in [7, 11) is 1.56. The van der Waals surface area contributed by atoms with Crippen LogP contribution in [0.15, 0.2) is 30.3 Å². The number of carbonyl (C=O) groups excluding carboxylic acids is 1. The van der Waals surface area contributed by atoms with Crippen molar-refractivity contribution in [3.63, 3.8) is 0 Å². The summed E-state index contributed by atoms with van der Waals surface area (Å²) in [5.74, 6) is 0.984. The highest BCUT2D eigenvalue weighted by Gasteiger charge is 2.16. The van der Waals surface area contributed by atoms with Crippen LogP contribution in [0, 0.1) is 10.5 Å². The smallest absolute Gasteiger partial charge is 0.255 e. The number of hydrogen-bond donors (Lipinski definition) is 1. The van der Waals surface area contributed by atoms with Gasteiger partial charge in [0.05, 0.1) is 17.3 Å². The molecule has 24 heavy (non-hydrogen) atoms. The third kappa shape index (κ3) is 4.54. The van der Waals surface area contributed by atoms with E-state index in [2.05, 4.69) is 27.9 Å². The summed E-state index contributed by atoms with van der Waals surface area (Å²) in [6, 6.07) is 8.85. The van der Waals surface area contributed by atoms with Gasteiger partial charge in [-0.3, -0.25) is 4.79 Å². The second-order valence-corrected chi connectivity index (χ2v) is 6.85. The molecule has 128 valence electrons. The summed E-state index contributed by atoms with van der Waals surface area (Å²) in [6.45, 7) is 4.55. The molecule has 0 aliphatic heterocycles. The molecule has 0 atom stereocenters. The summed E-state index contributed by atoms with van der Waals surface area (Å²) < 4.78 is 11.9. The number of anilines is 1. The van der Waals surface area contributed by atoms with Gasteiger partial charge in [-0.2, -0.15) is 0 Å². The van der Waals surface area contributed by atoms with Gasteiger partial charge in [-0.05, 0) is 65.8 Å². The Hall–Kier alpha value is -1.47. The van der Waals surface area contributed by atoms with Crippen molar-refractivity contribution in [2.24, 2.45) is 0 Å². The molecule has 0 saturated carbocycles. The fourth-order valence-electron chi connectivity index (χ4n) is 2.12. The molecule has 2 aromatic carbocycles. The molecule has 1 amide bonds. The van der Waals surface area contributed by atoms with E-state index in [0.717, 1.165) is 15.6 Å². The van der Waals surface area contributed by atoms with Crippen LogP contribution in [0.25, 0.3) is 0 Å². The van der Waals surface area contributed by atoms with E-state index in [0.29, 0.717) is 34.4 Å². The Kier molecular flexibility index (Phi) is 6.74. The Morgan fingerprint density at radius 3 is 2.71 bits per heavy atom. The van der Waals surface area contributed by atoms with Gasteiger partial charge in [-0.15, -0.1) is 0 Å². The number of hydrogen-bond acceptors (Lipinski definition) is 3. The third-order valence-electron chi connectivity index (χ3n) is 3.39. The van der Waals surface area contributed by atoms with E-state index in [1.165, 1.54) is 0 Å². The number of methoxy groups -OCH3 is 1. The quantitative estimate of drug-likeness (QED) is 0.596. The lowest BCUT2D eigenvalue weighted by molar-refractivity contribution is 0.102. The van der Waals surface area contributed by atoms with Gasteiger partial charge in [0.1, 0.15) is 0 Å².